The first kappa shape index (κ1) is 33.7. The van der Waals surface area contributed by atoms with Gasteiger partial charge >= 0.3 is 0 Å². The molecule has 0 aromatic heterocycles. The fourth-order valence-electron chi connectivity index (χ4n) is 3.68. The summed E-state index contributed by atoms with van der Waals surface area (Å²) in [6.07, 6.45) is 3.28. The third kappa shape index (κ3) is 11.2. The normalized spacial score (nSPS) is 15.3. The molecule has 1 unspecified atom stereocenters. The molecule has 1 rings (SSSR count). The summed E-state index contributed by atoms with van der Waals surface area (Å²) in [5, 5.41) is 10.7. The van der Waals surface area contributed by atoms with E-state index in [0.717, 1.165) is 4.90 Å². The number of nitrogens with one attached hydrogen (secondary N) is 4. The molecule has 1 aliphatic heterocycles. The molecular formula is C27H45N5O7. The van der Waals surface area contributed by atoms with E-state index < -0.39 is 40.8 Å². The predicted molar refractivity (Wildman–Crippen MR) is 145 cm³/mol. The maximum absolute atomic E-state index is 13.0. The Morgan fingerprint density at radius 3 is 2.05 bits per heavy atom. The van der Waals surface area contributed by atoms with Crippen molar-refractivity contribution in [2.75, 3.05) is 26.7 Å². The molecule has 39 heavy (non-hydrogen) atoms. The number of imide groups is 1. The monoisotopic (exact) mass is 551 g/mol. The lowest BCUT2D eigenvalue weighted by Gasteiger charge is -2.31. The minimum atomic E-state index is -0.830. The number of amides is 6. The third-order valence-electron chi connectivity index (χ3n) is 6.58. The number of hydrogen-bond donors (Lipinski definition) is 4. The number of nitrogens with zero attached hydrogens (tertiary/aromatic N) is 1. The number of ether oxygens (including phenoxy) is 1. The van der Waals surface area contributed by atoms with Gasteiger partial charge in [-0.05, 0) is 39.5 Å². The van der Waals surface area contributed by atoms with E-state index in [1.807, 2.05) is 27.7 Å². The van der Waals surface area contributed by atoms with Gasteiger partial charge in [-0.3, -0.25) is 33.7 Å². The van der Waals surface area contributed by atoms with Crippen LogP contribution < -0.4 is 21.3 Å². The Morgan fingerprint density at radius 1 is 0.923 bits per heavy atom. The van der Waals surface area contributed by atoms with Gasteiger partial charge in [0.2, 0.25) is 23.6 Å². The lowest BCUT2D eigenvalue weighted by Crippen LogP contribution is -2.56. The second-order valence-corrected chi connectivity index (χ2v) is 11.3. The van der Waals surface area contributed by atoms with Crippen LogP contribution in [0.2, 0.25) is 0 Å². The van der Waals surface area contributed by atoms with Gasteiger partial charge in [-0.25, -0.2) is 0 Å². The van der Waals surface area contributed by atoms with Crippen molar-refractivity contribution in [3.05, 3.63) is 12.2 Å². The highest BCUT2D eigenvalue weighted by Gasteiger charge is 2.34. The lowest BCUT2D eigenvalue weighted by molar-refractivity contribution is -0.137. The Balaban J connectivity index is 2.48. The van der Waals surface area contributed by atoms with E-state index in [4.69, 9.17) is 4.74 Å². The topological polar surface area (TPSA) is 163 Å². The van der Waals surface area contributed by atoms with Gasteiger partial charge in [0.05, 0.1) is 5.60 Å². The summed E-state index contributed by atoms with van der Waals surface area (Å²) in [6, 6.07) is -1.53. The van der Waals surface area contributed by atoms with E-state index in [1.54, 1.807) is 20.8 Å². The van der Waals surface area contributed by atoms with Crippen molar-refractivity contribution in [1.82, 2.24) is 26.2 Å². The minimum Gasteiger partial charge on any atom is -0.375 e. The zero-order chi connectivity index (χ0) is 30.0. The van der Waals surface area contributed by atoms with Crippen molar-refractivity contribution in [2.45, 2.75) is 85.4 Å². The van der Waals surface area contributed by atoms with Crippen molar-refractivity contribution in [1.29, 1.82) is 0 Å². The van der Waals surface area contributed by atoms with Crippen molar-refractivity contribution < 1.29 is 33.5 Å². The summed E-state index contributed by atoms with van der Waals surface area (Å²) in [5.74, 6) is -2.37. The fourth-order valence-corrected chi connectivity index (χ4v) is 3.68. The van der Waals surface area contributed by atoms with E-state index in [0.29, 0.717) is 19.4 Å². The zero-order valence-corrected chi connectivity index (χ0v) is 24.4. The second-order valence-electron chi connectivity index (χ2n) is 11.3. The van der Waals surface area contributed by atoms with Crippen LogP contribution in [0.1, 0.15) is 67.7 Å². The first-order valence-electron chi connectivity index (χ1n) is 13.3. The van der Waals surface area contributed by atoms with Crippen LogP contribution in [-0.4, -0.2) is 84.8 Å². The molecule has 0 bridgehead atoms. The predicted octanol–water partition coefficient (Wildman–Crippen LogP) is 0.411. The average Bonchev–Trinajstić information content (AvgIpc) is 3.16. The Bertz CT molecular complexity index is 940. The van der Waals surface area contributed by atoms with Gasteiger partial charge in [0, 0.05) is 50.7 Å². The standard InChI is InChI=1S/C27H45N5O7/c1-17(2)22(24(37)30-18(3)23(36)28-8)31-25(38)26(4,5)13-16-39-27(6,7)12-14-29-19(33)11-15-32-20(34)9-10-21(32)35/h9-10,17-18,22H,11-16H2,1-8H3,(H,28,36)(H,29,33)(H,30,37)(H,31,38)/t18?,22-/m0/s1. The molecule has 0 aliphatic carbocycles. The van der Waals surface area contributed by atoms with E-state index in [9.17, 15) is 28.8 Å². The summed E-state index contributed by atoms with van der Waals surface area (Å²) in [7, 11) is 1.48. The van der Waals surface area contributed by atoms with Gasteiger partial charge < -0.3 is 26.0 Å². The molecule has 220 valence electrons. The largest absolute Gasteiger partial charge is 0.375 e. The van der Waals surface area contributed by atoms with Crippen molar-refractivity contribution >= 4 is 35.4 Å². The Labute approximate surface area is 231 Å². The molecule has 0 saturated heterocycles. The van der Waals surface area contributed by atoms with E-state index >= 15 is 0 Å². The molecule has 1 heterocycles. The Kier molecular flexibility index (Phi) is 12.8. The van der Waals surface area contributed by atoms with Crippen molar-refractivity contribution in [3.8, 4) is 0 Å². The summed E-state index contributed by atoms with van der Waals surface area (Å²) < 4.78 is 6.00. The van der Waals surface area contributed by atoms with Gasteiger partial charge in [-0.15, -0.1) is 0 Å². The van der Waals surface area contributed by atoms with E-state index in [1.165, 1.54) is 19.2 Å². The van der Waals surface area contributed by atoms with Crippen LogP contribution in [0.25, 0.3) is 0 Å². The number of carbonyl (C=O) groups is 6. The molecule has 0 aromatic carbocycles. The summed E-state index contributed by atoms with van der Waals surface area (Å²) in [5.41, 5.74) is -1.41. The Hall–Kier alpha value is -3.28. The smallest absolute Gasteiger partial charge is 0.253 e. The minimum absolute atomic E-state index is 0.0177. The fraction of sp³-hybridized carbons (Fsp3) is 0.704. The van der Waals surface area contributed by atoms with Crippen LogP contribution >= 0.6 is 0 Å². The first-order valence-corrected chi connectivity index (χ1v) is 13.3. The first-order chi connectivity index (χ1) is 18.0. The van der Waals surface area contributed by atoms with Crippen LogP contribution in [0.3, 0.4) is 0 Å². The molecule has 0 fully saturated rings. The van der Waals surface area contributed by atoms with Gasteiger partial charge in [0.25, 0.3) is 11.8 Å². The average molecular weight is 552 g/mol. The molecule has 6 amide bonds. The number of rotatable bonds is 16. The summed E-state index contributed by atoms with van der Waals surface area (Å²) >= 11 is 0. The van der Waals surface area contributed by atoms with Gasteiger partial charge in [0.15, 0.2) is 0 Å². The van der Waals surface area contributed by atoms with Crippen molar-refractivity contribution in [3.63, 3.8) is 0 Å². The number of hydrogen-bond acceptors (Lipinski definition) is 7. The van der Waals surface area contributed by atoms with Crippen LogP contribution in [0.5, 0.6) is 0 Å². The quantitative estimate of drug-likeness (QED) is 0.202. The molecular weight excluding hydrogens is 506 g/mol. The van der Waals surface area contributed by atoms with Gasteiger partial charge in [0.1, 0.15) is 12.1 Å². The number of carbonyl (C=O) groups excluding carboxylic acids is 6. The molecule has 0 saturated carbocycles. The molecule has 0 spiro atoms. The Morgan fingerprint density at radius 2 is 1.51 bits per heavy atom. The van der Waals surface area contributed by atoms with Crippen LogP contribution in [0, 0.1) is 11.3 Å². The van der Waals surface area contributed by atoms with Crippen LogP contribution in [-0.2, 0) is 33.5 Å². The molecule has 2 atom stereocenters. The summed E-state index contributed by atoms with van der Waals surface area (Å²) in [6.45, 7) is 13.2. The van der Waals surface area contributed by atoms with Crippen molar-refractivity contribution in [2.24, 2.45) is 11.3 Å². The van der Waals surface area contributed by atoms with E-state index in [2.05, 4.69) is 21.3 Å². The van der Waals surface area contributed by atoms with Crippen LogP contribution in [0.4, 0.5) is 0 Å². The maximum atomic E-state index is 13.0. The number of likely N-dealkylation sites (N-methyl/N-ethyl adjacent to an activating group) is 1. The molecule has 0 radical (unpaired) electrons. The highest BCUT2D eigenvalue weighted by atomic mass is 16.5. The van der Waals surface area contributed by atoms with Crippen LogP contribution in [0.15, 0.2) is 12.2 Å². The summed E-state index contributed by atoms with van der Waals surface area (Å²) in [4.78, 5) is 73.7. The molecule has 0 aromatic rings. The molecule has 12 heteroatoms. The highest BCUT2D eigenvalue weighted by Crippen LogP contribution is 2.24. The molecule has 1 aliphatic rings. The molecule has 12 nitrogen and oxygen atoms in total. The zero-order valence-electron chi connectivity index (χ0n) is 24.4. The lowest BCUT2D eigenvalue weighted by atomic mass is 9.87. The van der Waals surface area contributed by atoms with Gasteiger partial charge in [-0.2, -0.15) is 0 Å². The third-order valence-corrected chi connectivity index (χ3v) is 6.58. The SMILES string of the molecule is CNC(=O)C(C)NC(=O)[C@@H](NC(=O)C(C)(C)CCOC(C)(C)CCNC(=O)CCN1C(=O)C=CC1=O)C(C)C. The molecule has 4 N–H and O–H groups in total. The van der Waals surface area contributed by atoms with E-state index in [-0.39, 0.29) is 43.2 Å². The maximum Gasteiger partial charge on any atom is 0.253 e. The second kappa shape index (κ2) is 14.8. The highest BCUT2D eigenvalue weighted by molar-refractivity contribution is 6.13. The van der Waals surface area contributed by atoms with Gasteiger partial charge in [-0.1, -0.05) is 27.7 Å².